The number of amides is 1. The van der Waals surface area contributed by atoms with Crippen LogP contribution in [0.3, 0.4) is 0 Å². The Balaban J connectivity index is 1.62. The zero-order chi connectivity index (χ0) is 20.6. The van der Waals surface area contributed by atoms with Crippen molar-refractivity contribution in [3.8, 4) is 5.75 Å². The highest BCUT2D eigenvalue weighted by molar-refractivity contribution is 5.94. The van der Waals surface area contributed by atoms with Crippen LogP contribution >= 0.6 is 0 Å². The van der Waals surface area contributed by atoms with Crippen molar-refractivity contribution in [2.45, 2.75) is 12.5 Å². The van der Waals surface area contributed by atoms with Crippen molar-refractivity contribution in [2.75, 3.05) is 13.9 Å². The number of carboxylic acid groups (broad SMARTS) is 1. The lowest BCUT2D eigenvalue weighted by Gasteiger charge is -2.13. The van der Waals surface area contributed by atoms with Gasteiger partial charge in [-0.05, 0) is 35.4 Å². The summed E-state index contributed by atoms with van der Waals surface area (Å²) in [6.45, 7) is 0.157. The molecule has 3 rings (SSSR count). The third kappa shape index (κ3) is 5.46. The van der Waals surface area contributed by atoms with Gasteiger partial charge in [0, 0.05) is 36.7 Å². The number of methoxy groups -OCH3 is 1. The Morgan fingerprint density at radius 2 is 1.93 bits per heavy atom. The average Bonchev–Trinajstić information content (AvgIpc) is 3.14. The number of rotatable bonds is 9. The zero-order valence-corrected chi connectivity index (χ0v) is 15.9. The maximum absolute atomic E-state index is 12.2. The minimum atomic E-state index is -1.09. The minimum Gasteiger partial charge on any atom is -0.480 e. The Bertz CT molecular complexity index is 1010. The number of para-hydroxylation sites is 1. The van der Waals surface area contributed by atoms with Crippen LogP contribution in [0.25, 0.3) is 17.0 Å². The lowest BCUT2D eigenvalue weighted by Crippen LogP contribution is -2.41. The number of carboxylic acids is 1. The van der Waals surface area contributed by atoms with E-state index < -0.39 is 17.9 Å². The normalized spacial score (nSPS) is 12.2. The standard InChI is InChI=1S/C22H22N2O5/c1-28-14-29-17-9-6-15(7-10-17)8-11-21(25)24-20(22(26)27)12-16-13-23-19-5-3-2-4-18(16)19/h2-11,13,20,23H,12,14H2,1H3,(H,24,25)(H,26,27)/b11-8+. The second-order valence-electron chi connectivity index (χ2n) is 6.42. The van der Waals surface area contributed by atoms with Crippen molar-refractivity contribution in [3.63, 3.8) is 0 Å². The topological polar surface area (TPSA) is 101 Å². The number of H-pyrrole nitrogens is 1. The Morgan fingerprint density at radius 3 is 2.66 bits per heavy atom. The predicted molar refractivity (Wildman–Crippen MR) is 110 cm³/mol. The molecule has 0 spiro atoms. The highest BCUT2D eigenvalue weighted by Gasteiger charge is 2.21. The van der Waals surface area contributed by atoms with Crippen molar-refractivity contribution >= 4 is 28.9 Å². The largest absolute Gasteiger partial charge is 0.480 e. The van der Waals surface area contributed by atoms with Crippen LogP contribution in [0.5, 0.6) is 5.75 Å². The summed E-state index contributed by atoms with van der Waals surface area (Å²) < 4.78 is 10.1. The number of nitrogens with one attached hydrogen (secondary N) is 2. The van der Waals surface area contributed by atoms with E-state index in [9.17, 15) is 14.7 Å². The summed E-state index contributed by atoms with van der Waals surface area (Å²) in [4.78, 5) is 27.0. The third-order valence-corrected chi connectivity index (χ3v) is 4.36. The molecule has 0 bridgehead atoms. The first-order valence-corrected chi connectivity index (χ1v) is 9.05. The molecule has 0 aliphatic rings. The van der Waals surface area contributed by atoms with Crippen LogP contribution in [0.4, 0.5) is 0 Å². The maximum atomic E-state index is 12.2. The third-order valence-electron chi connectivity index (χ3n) is 4.36. The van der Waals surface area contributed by atoms with Gasteiger partial charge in [0.1, 0.15) is 11.8 Å². The fourth-order valence-electron chi connectivity index (χ4n) is 2.91. The fraction of sp³-hybridized carbons (Fsp3) is 0.182. The molecule has 3 N–H and O–H groups in total. The van der Waals surface area contributed by atoms with Gasteiger partial charge in [0.2, 0.25) is 5.91 Å². The molecule has 7 nitrogen and oxygen atoms in total. The highest BCUT2D eigenvalue weighted by Crippen LogP contribution is 2.19. The molecule has 0 saturated heterocycles. The quantitative estimate of drug-likeness (QED) is 0.383. The number of hydrogen-bond acceptors (Lipinski definition) is 4. The second kappa shape index (κ2) is 9.57. The van der Waals surface area contributed by atoms with E-state index in [2.05, 4.69) is 10.3 Å². The average molecular weight is 394 g/mol. The molecule has 1 heterocycles. The number of aliphatic carboxylic acids is 1. The molecule has 0 aliphatic carbocycles. The molecule has 7 heteroatoms. The van der Waals surface area contributed by atoms with Crippen LogP contribution in [0, 0.1) is 0 Å². The van der Waals surface area contributed by atoms with E-state index in [4.69, 9.17) is 9.47 Å². The van der Waals surface area contributed by atoms with Crippen molar-refractivity contribution in [2.24, 2.45) is 0 Å². The number of fused-ring (bicyclic) bond motifs is 1. The number of hydrogen-bond donors (Lipinski definition) is 3. The van der Waals surface area contributed by atoms with Gasteiger partial charge in [-0.15, -0.1) is 0 Å². The number of aromatic nitrogens is 1. The predicted octanol–water partition coefficient (Wildman–Crippen LogP) is 2.98. The molecule has 29 heavy (non-hydrogen) atoms. The molecule has 1 unspecified atom stereocenters. The van der Waals surface area contributed by atoms with Gasteiger partial charge in [0.25, 0.3) is 0 Å². The van der Waals surface area contributed by atoms with Gasteiger partial charge in [-0.25, -0.2) is 4.79 Å². The van der Waals surface area contributed by atoms with Gasteiger partial charge in [-0.3, -0.25) is 4.79 Å². The second-order valence-corrected chi connectivity index (χ2v) is 6.42. The van der Waals surface area contributed by atoms with E-state index >= 15 is 0 Å². The van der Waals surface area contributed by atoms with Crippen molar-refractivity contribution < 1.29 is 24.2 Å². The van der Waals surface area contributed by atoms with Crippen LogP contribution in [0.1, 0.15) is 11.1 Å². The molecule has 2 aromatic carbocycles. The molecule has 3 aromatic rings. The molecular formula is C22H22N2O5. The van der Waals surface area contributed by atoms with Crippen molar-refractivity contribution in [1.82, 2.24) is 10.3 Å². The van der Waals surface area contributed by atoms with E-state index in [1.165, 1.54) is 6.08 Å². The monoisotopic (exact) mass is 394 g/mol. The summed E-state index contributed by atoms with van der Waals surface area (Å²) in [5, 5.41) is 13.0. The molecule has 1 aromatic heterocycles. The minimum absolute atomic E-state index is 0.157. The molecular weight excluding hydrogens is 372 g/mol. The summed E-state index contributed by atoms with van der Waals surface area (Å²) in [6.07, 6.45) is 4.89. The van der Waals surface area contributed by atoms with Crippen LogP contribution < -0.4 is 10.1 Å². The number of aromatic amines is 1. The Hall–Kier alpha value is -3.58. The zero-order valence-electron chi connectivity index (χ0n) is 15.9. The van der Waals surface area contributed by atoms with E-state index in [1.807, 2.05) is 24.3 Å². The van der Waals surface area contributed by atoms with Crippen LogP contribution in [-0.4, -0.2) is 41.9 Å². The first kappa shape index (κ1) is 20.2. The Kier molecular flexibility index (Phi) is 6.65. The van der Waals surface area contributed by atoms with Crippen LogP contribution in [-0.2, 0) is 20.7 Å². The summed E-state index contributed by atoms with van der Waals surface area (Å²) in [5.74, 6) is -0.910. The maximum Gasteiger partial charge on any atom is 0.326 e. The molecule has 150 valence electrons. The fourth-order valence-corrected chi connectivity index (χ4v) is 2.91. The van der Waals surface area contributed by atoms with Gasteiger partial charge in [-0.2, -0.15) is 0 Å². The summed E-state index contributed by atoms with van der Waals surface area (Å²) in [6, 6.07) is 13.7. The smallest absolute Gasteiger partial charge is 0.326 e. The van der Waals surface area contributed by atoms with Gasteiger partial charge < -0.3 is 24.9 Å². The molecule has 1 atom stereocenters. The first-order chi connectivity index (χ1) is 14.1. The summed E-state index contributed by atoms with van der Waals surface area (Å²) in [5.41, 5.74) is 2.55. The molecule has 1 amide bonds. The number of benzene rings is 2. The van der Waals surface area contributed by atoms with Crippen LogP contribution in [0.15, 0.2) is 60.8 Å². The molecule has 0 saturated carbocycles. The van der Waals surface area contributed by atoms with Gasteiger partial charge in [-0.1, -0.05) is 30.3 Å². The number of carbonyl (C=O) groups excluding carboxylic acids is 1. The van der Waals surface area contributed by atoms with E-state index in [1.54, 1.807) is 43.6 Å². The van der Waals surface area contributed by atoms with E-state index in [0.717, 1.165) is 22.0 Å². The number of ether oxygens (including phenoxy) is 2. The molecule has 0 aliphatic heterocycles. The van der Waals surface area contributed by atoms with E-state index in [0.29, 0.717) is 5.75 Å². The van der Waals surface area contributed by atoms with Crippen molar-refractivity contribution in [1.29, 1.82) is 0 Å². The first-order valence-electron chi connectivity index (χ1n) is 9.05. The molecule has 0 radical (unpaired) electrons. The van der Waals surface area contributed by atoms with Gasteiger partial charge in [0.15, 0.2) is 6.79 Å². The Labute approximate surface area is 168 Å². The lowest BCUT2D eigenvalue weighted by molar-refractivity contribution is -0.141. The summed E-state index contributed by atoms with van der Waals surface area (Å²) >= 11 is 0. The van der Waals surface area contributed by atoms with Crippen molar-refractivity contribution in [3.05, 3.63) is 71.9 Å². The van der Waals surface area contributed by atoms with E-state index in [-0.39, 0.29) is 13.2 Å². The SMILES string of the molecule is COCOc1ccc(/C=C/C(=O)NC(Cc2c[nH]c3ccccc23)C(=O)O)cc1. The van der Waals surface area contributed by atoms with Gasteiger partial charge in [0.05, 0.1) is 0 Å². The van der Waals surface area contributed by atoms with Gasteiger partial charge >= 0.3 is 5.97 Å². The highest BCUT2D eigenvalue weighted by atomic mass is 16.7. The molecule has 0 fully saturated rings. The summed E-state index contributed by atoms with van der Waals surface area (Å²) in [7, 11) is 1.54. The lowest BCUT2D eigenvalue weighted by atomic mass is 10.0. The Morgan fingerprint density at radius 1 is 1.17 bits per heavy atom. The van der Waals surface area contributed by atoms with Crippen LogP contribution in [0.2, 0.25) is 0 Å². The number of carbonyl (C=O) groups is 2.